The fourth-order valence-corrected chi connectivity index (χ4v) is 3.07. The van der Waals surface area contributed by atoms with Crippen molar-refractivity contribution >= 4 is 34.2 Å². The lowest BCUT2D eigenvalue weighted by molar-refractivity contribution is 0.0952. The van der Waals surface area contributed by atoms with Crippen molar-refractivity contribution in [1.29, 1.82) is 0 Å². The number of amides is 1. The van der Waals surface area contributed by atoms with Crippen molar-refractivity contribution in [2.45, 2.75) is 13.8 Å². The van der Waals surface area contributed by atoms with Gasteiger partial charge in [0.1, 0.15) is 11.5 Å². The van der Waals surface area contributed by atoms with Crippen LogP contribution in [0.2, 0.25) is 0 Å². The molecule has 1 amide bonds. The molecule has 0 bridgehead atoms. The van der Waals surface area contributed by atoms with Crippen LogP contribution >= 0.6 is 22.6 Å². The second kappa shape index (κ2) is 7.89. The third-order valence-corrected chi connectivity index (χ3v) is 4.79. The number of hydrogen-bond donors (Lipinski definition) is 4. The third kappa shape index (κ3) is 3.93. The lowest BCUT2D eigenvalue weighted by Crippen LogP contribution is -2.23. The molecule has 1 heterocycles. The van der Waals surface area contributed by atoms with E-state index in [0.29, 0.717) is 22.7 Å². The number of hydrogen-bond acceptors (Lipinski definition) is 5. The zero-order valence-electron chi connectivity index (χ0n) is 15.0. The number of nitrogens with one attached hydrogen (secondary N) is 2. The lowest BCUT2D eigenvalue weighted by atomic mass is 10.2. The first-order valence-corrected chi connectivity index (χ1v) is 9.30. The number of H-pyrrole nitrogens is 1. The van der Waals surface area contributed by atoms with Crippen molar-refractivity contribution in [2.75, 3.05) is 0 Å². The monoisotopic (exact) mass is 492 g/mol. The van der Waals surface area contributed by atoms with Gasteiger partial charge in [-0.3, -0.25) is 14.7 Å². The van der Waals surface area contributed by atoms with Crippen LogP contribution in [0.3, 0.4) is 0 Å². The van der Waals surface area contributed by atoms with Crippen LogP contribution in [0.1, 0.15) is 28.5 Å². The summed E-state index contributed by atoms with van der Waals surface area (Å²) >= 11 is 2.18. The number of halogens is 1. The fourth-order valence-electron chi connectivity index (χ4n) is 2.71. The summed E-state index contributed by atoms with van der Waals surface area (Å²) in [6, 6.07) is 11.0. The predicted molar refractivity (Wildman–Crippen MR) is 113 cm³/mol. The molecule has 1 aromatic heterocycles. The van der Waals surface area contributed by atoms with Crippen LogP contribution in [0, 0.1) is 10.5 Å². The molecule has 0 unspecified atom stereocenters. The van der Waals surface area contributed by atoms with Crippen LogP contribution < -0.4 is 11.0 Å². The van der Waals surface area contributed by atoms with E-state index < -0.39 is 5.91 Å². The van der Waals surface area contributed by atoms with Gasteiger partial charge in [-0.15, -0.1) is 0 Å². The molecule has 0 atom stereocenters. The van der Waals surface area contributed by atoms with Gasteiger partial charge in [-0.1, -0.05) is 0 Å². The topological polar surface area (TPSA) is 120 Å². The van der Waals surface area contributed by atoms with Gasteiger partial charge in [0.15, 0.2) is 0 Å². The highest BCUT2D eigenvalue weighted by molar-refractivity contribution is 14.1. The van der Waals surface area contributed by atoms with Crippen molar-refractivity contribution < 1.29 is 15.0 Å². The molecule has 0 saturated carbocycles. The van der Waals surface area contributed by atoms with Crippen LogP contribution in [0.15, 0.2) is 52.4 Å². The molecule has 3 aromatic rings. The van der Waals surface area contributed by atoms with E-state index in [1.165, 1.54) is 16.8 Å². The number of carbonyl (C=O) groups is 1. The minimum atomic E-state index is -0.664. The molecule has 8 nitrogen and oxygen atoms in total. The molecule has 0 fully saturated rings. The van der Waals surface area contributed by atoms with E-state index in [0.717, 1.165) is 9.64 Å². The maximum Gasteiger partial charge on any atom is 0.280 e. The zero-order valence-corrected chi connectivity index (χ0v) is 17.2. The summed E-state index contributed by atoms with van der Waals surface area (Å²) in [7, 11) is 0. The normalized spacial score (nSPS) is 11.5. The maximum absolute atomic E-state index is 12.8. The molecule has 0 saturated heterocycles. The minimum Gasteiger partial charge on any atom is -0.508 e. The summed E-state index contributed by atoms with van der Waals surface area (Å²) in [5, 5.41) is 26.0. The van der Waals surface area contributed by atoms with E-state index in [2.05, 4.69) is 38.2 Å². The van der Waals surface area contributed by atoms with E-state index >= 15 is 0 Å². The van der Waals surface area contributed by atoms with Gasteiger partial charge in [0.2, 0.25) is 0 Å². The van der Waals surface area contributed by atoms with Crippen LogP contribution in [-0.2, 0) is 0 Å². The Morgan fingerprint density at radius 1 is 1.18 bits per heavy atom. The number of carbonyl (C=O) groups excluding carboxylic acids is 1. The third-order valence-electron chi connectivity index (χ3n) is 4.07. The van der Waals surface area contributed by atoms with Gasteiger partial charge in [0.25, 0.3) is 11.5 Å². The standard InChI is InChI=1S/C19H17IN4O4/c1-10(21-22-18(27)15-8-7-14(25)9-16(15)26)17-11(2)23-24(19(17)28)13-5-3-12(20)4-6-13/h3-9,23,25-26H,1-2H3,(H,22,27)/b21-10-. The Labute approximate surface area is 173 Å². The molecule has 4 N–H and O–H groups in total. The summed E-state index contributed by atoms with van der Waals surface area (Å²) in [6.45, 7) is 3.35. The van der Waals surface area contributed by atoms with Gasteiger partial charge < -0.3 is 10.2 Å². The van der Waals surface area contributed by atoms with Crippen LogP contribution in [0.4, 0.5) is 0 Å². The van der Waals surface area contributed by atoms with E-state index in [9.17, 15) is 19.8 Å². The van der Waals surface area contributed by atoms with Gasteiger partial charge in [-0.25, -0.2) is 10.1 Å². The van der Waals surface area contributed by atoms with Crippen LogP contribution in [0.25, 0.3) is 5.69 Å². The van der Waals surface area contributed by atoms with Gasteiger partial charge in [0.05, 0.1) is 22.5 Å². The quantitative estimate of drug-likeness (QED) is 0.254. The van der Waals surface area contributed by atoms with Gasteiger partial charge in [-0.2, -0.15) is 5.10 Å². The number of hydrazone groups is 1. The summed E-state index contributed by atoms with van der Waals surface area (Å²) in [4.78, 5) is 25.0. The Morgan fingerprint density at radius 2 is 1.86 bits per heavy atom. The SMILES string of the molecule is C/C(=N/NC(=O)c1ccc(O)cc1O)c1c(C)[nH]n(-c2ccc(I)cc2)c1=O. The molecule has 28 heavy (non-hydrogen) atoms. The Morgan fingerprint density at radius 3 is 2.50 bits per heavy atom. The van der Waals surface area contributed by atoms with E-state index in [-0.39, 0.29) is 22.6 Å². The van der Waals surface area contributed by atoms with E-state index in [1.807, 2.05) is 24.3 Å². The summed E-state index contributed by atoms with van der Waals surface area (Å²) in [5.41, 5.74) is 3.92. The number of aryl methyl sites for hydroxylation is 1. The highest BCUT2D eigenvalue weighted by Crippen LogP contribution is 2.22. The number of nitrogens with zero attached hydrogens (tertiary/aromatic N) is 2. The minimum absolute atomic E-state index is 0.0450. The van der Waals surface area contributed by atoms with Gasteiger partial charge in [0, 0.05) is 15.3 Å². The average Bonchev–Trinajstić information content (AvgIpc) is 2.94. The smallest absolute Gasteiger partial charge is 0.280 e. The molecular formula is C19H17IN4O4. The highest BCUT2D eigenvalue weighted by Gasteiger charge is 2.16. The number of aromatic nitrogens is 2. The Balaban J connectivity index is 1.88. The summed E-state index contributed by atoms with van der Waals surface area (Å²) in [5.74, 6) is -1.19. The Hall–Kier alpha value is -3.08. The van der Waals surface area contributed by atoms with Crippen molar-refractivity contribution in [3.8, 4) is 17.2 Å². The molecule has 3 rings (SSSR count). The number of benzene rings is 2. The molecule has 9 heteroatoms. The van der Waals surface area contributed by atoms with Crippen molar-refractivity contribution in [3.63, 3.8) is 0 Å². The predicted octanol–water partition coefficient (Wildman–Crippen LogP) is 2.64. The molecule has 0 aliphatic carbocycles. The highest BCUT2D eigenvalue weighted by atomic mass is 127. The first-order chi connectivity index (χ1) is 13.3. The van der Waals surface area contributed by atoms with E-state index in [4.69, 9.17) is 0 Å². The van der Waals surface area contributed by atoms with Gasteiger partial charge in [-0.05, 0) is 72.8 Å². The Bertz CT molecular complexity index is 1130. The number of rotatable bonds is 4. The molecule has 0 radical (unpaired) electrons. The molecule has 0 spiro atoms. The summed E-state index contributed by atoms with van der Waals surface area (Å²) < 4.78 is 2.46. The van der Waals surface area contributed by atoms with Crippen LogP contribution in [-0.4, -0.2) is 31.6 Å². The van der Waals surface area contributed by atoms with Crippen LogP contribution in [0.5, 0.6) is 11.5 Å². The molecule has 0 aliphatic heterocycles. The molecule has 144 valence electrons. The number of aromatic hydroxyl groups is 2. The maximum atomic E-state index is 12.8. The van der Waals surface area contributed by atoms with Crippen molar-refractivity contribution in [1.82, 2.24) is 15.2 Å². The lowest BCUT2D eigenvalue weighted by Gasteiger charge is -2.04. The summed E-state index contributed by atoms with van der Waals surface area (Å²) in [6.07, 6.45) is 0. The fraction of sp³-hybridized carbons (Fsp3) is 0.105. The average molecular weight is 492 g/mol. The first-order valence-electron chi connectivity index (χ1n) is 8.22. The second-order valence-electron chi connectivity index (χ2n) is 6.07. The van der Waals surface area contributed by atoms with Crippen molar-refractivity contribution in [3.05, 3.63) is 73.2 Å². The molecular weight excluding hydrogens is 475 g/mol. The molecule has 2 aromatic carbocycles. The zero-order chi connectivity index (χ0) is 20.4. The number of aromatic amines is 1. The van der Waals surface area contributed by atoms with Crippen molar-refractivity contribution in [2.24, 2.45) is 5.10 Å². The molecule has 0 aliphatic rings. The number of phenolic OH excluding ortho intramolecular Hbond substituents is 2. The van der Waals surface area contributed by atoms with E-state index in [1.54, 1.807) is 13.8 Å². The number of phenols is 2. The second-order valence-corrected chi connectivity index (χ2v) is 7.31. The first kappa shape index (κ1) is 19.7. The largest absolute Gasteiger partial charge is 0.508 e. The van der Waals surface area contributed by atoms with Gasteiger partial charge >= 0.3 is 0 Å². The Kier molecular flexibility index (Phi) is 5.54.